The van der Waals surface area contributed by atoms with Crippen molar-refractivity contribution < 1.29 is 0 Å². The van der Waals surface area contributed by atoms with Crippen LogP contribution in [0.25, 0.3) is 0 Å². The number of nitrogens with zero attached hydrogens (tertiary/aromatic N) is 3. The van der Waals surface area contributed by atoms with Crippen molar-refractivity contribution in [3.8, 4) is 0 Å². The number of aliphatic imine (C=N–C) groups is 1. The highest BCUT2D eigenvalue weighted by Gasteiger charge is 2.22. The van der Waals surface area contributed by atoms with E-state index in [-0.39, 0.29) is 24.0 Å². The monoisotopic (exact) mass is 508 g/mol. The van der Waals surface area contributed by atoms with E-state index in [2.05, 4.69) is 74.3 Å². The van der Waals surface area contributed by atoms with E-state index in [1.54, 1.807) is 0 Å². The second-order valence-corrected chi connectivity index (χ2v) is 7.28. The summed E-state index contributed by atoms with van der Waals surface area (Å²) in [6, 6.07) is 8.46. The third-order valence-corrected chi connectivity index (χ3v) is 4.89. The van der Waals surface area contributed by atoms with Crippen LogP contribution in [0.1, 0.15) is 25.3 Å². The largest absolute Gasteiger partial charge is 0.356 e. The van der Waals surface area contributed by atoms with Crippen LogP contribution in [0.5, 0.6) is 0 Å². The Balaban J connectivity index is 0.00000288. The maximum atomic E-state index is 4.43. The predicted octanol–water partition coefficient (Wildman–Crippen LogP) is 3.81. The van der Waals surface area contributed by atoms with Gasteiger partial charge in [0.25, 0.3) is 0 Å². The van der Waals surface area contributed by atoms with Gasteiger partial charge in [0.2, 0.25) is 0 Å². The number of likely N-dealkylation sites (tertiary alicyclic amines) is 1. The number of benzene rings is 1. The van der Waals surface area contributed by atoms with E-state index in [1.807, 2.05) is 7.05 Å². The lowest BCUT2D eigenvalue weighted by atomic mass is 10.1. The van der Waals surface area contributed by atoms with Gasteiger partial charge in [-0.05, 0) is 49.5 Å². The van der Waals surface area contributed by atoms with E-state index < -0.39 is 0 Å². The standard InChI is InChI=1S/C18H29BrN4.HI/c1-4-10-23-11-9-16(14-23)12-21-18(20-2)22(3)13-15-5-7-17(19)8-6-15;/h5-8,16H,4,9-14H2,1-3H3,(H,20,21);1H. The van der Waals surface area contributed by atoms with Crippen LogP contribution in [0.3, 0.4) is 0 Å². The quantitative estimate of drug-likeness (QED) is 0.360. The summed E-state index contributed by atoms with van der Waals surface area (Å²) >= 11 is 3.48. The molecule has 24 heavy (non-hydrogen) atoms. The molecule has 136 valence electrons. The first-order chi connectivity index (χ1) is 11.1. The molecule has 0 aromatic heterocycles. The molecule has 1 fully saturated rings. The topological polar surface area (TPSA) is 30.9 Å². The average Bonchev–Trinajstić information content (AvgIpc) is 2.98. The molecule has 0 bridgehead atoms. The van der Waals surface area contributed by atoms with Gasteiger partial charge in [-0.1, -0.05) is 35.0 Å². The SMILES string of the molecule is CCCN1CCC(CNC(=NC)N(C)Cc2ccc(Br)cc2)C1.I. The lowest BCUT2D eigenvalue weighted by molar-refractivity contribution is 0.324. The third-order valence-electron chi connectivity index (χ3n) is 4.37. The third kappa shape index (κ3) is 6.88. The lowest BCUT2D eigenvalue weighted by Gasteiger charge is -2.23. The Hall–Kier alpha value is -0.340. The summed E-state index contributed by atoms with van der Waals surface area (Å²) in [5, 5.41) is 3.55. The molecule has 1 saturated heterocycles. The highest BCUT2D eigenvalue weighted by Crippen LogP contribution is 2.16. The molecule has 1 N–H and O–H groups in total. The van der Waals surface area contributed by atoms with Crippen LogP contribution in [0.4, 0.5) is 0 Å². The first-order valence-corrected chi connectivity index (χ1v) is 9.30. The van der Waals surface area contributed by atoms with Gasteiger partial charge in [-0.2, -0.15) is 0 Å². The Morgan fingerprint density at radius 1 is 1.38 bits per heavy atom. The molecule has 2 rings (SSSR count). The number of nitrogens with one attached hydrogen (secondary N) is 1. The molecule has 0 radical (unpaired) electrons. The van der Waals surface area contributed by atoms with Crippen LogP contribution < -0.4 is 5.32 Å². The Bertz CT molecular complexity index is 506. The predicted molar refractivity (Wildman–Crippen MR) is 117 cm³/mol. The van der Waals surface area contributed by atoms with Crippen molar-refractivity contribution in [2.45, 2.75) is 26.3 Å². The fraction of sp³-hybridized carbons (Fsp3) is 0.611. The van der Waals surface area contributed by atoms with E-state index in [9.17, 15) is 0 Å². The Kier molecular flexibility index (Phi) is 10.2. The summed E-state index contributed by atoms with van der Waals surface area (Å²) in [6.07, 6.45) is 2.54. The number of hydrogen-bond acceptors (Lipinski definition) is 2. The zero-order valence-electron chi connectivity index (χ0n) is 15.0. The minimum absolute atomic E-state index is 0. The Morgan fingerprint density at radius 3 is 2.71 bits per heavy atom. The fourth-order valence-electron chi connectivity index (χ4n) is 3.16. The summed E-state index contributed by atoms with van der Waals surface area (Å²) in [6.45, 7) is 7.82. The number of rotatable bonds is 6. The summed E-state index contributed by atoms with van der Waals surface area (Å²) < 4.78 is 1.12. The highest BCUT2D eigenvalue weighted by molar-refractivity contribution is 14.0. The average molecular weight is 509 g/mol. The smallest absolute Gasteiger partial charge is 0.193 e. The number of halogens is 2. The van der Waals surface area contributed by atoms with Crippen LogP contribution in [0, 0.1) is 5.92 Å². The van der Waals surface area contributed by atoms with Crippen LogP contribution >= 0.6 is 39.9 Å². The molecular weight excluding hydrogens is 479 g/mol. The van der Waals surface area contributed by atoms with E-state index >= 15 is 0 Å². The summed E-state index contributed by atoms with van der Waals surface area (Å²) in [4.78, 5) is 9.18. The molecule has 0 saturated carbocycles. The molecule has 0 spiro atoms. The second-order valence-electron chi connectivity index (χ2n) is 6.37. The van der Waals surface area contributed by atoms with Gasteiger partial charge in [0.15, 0.2) is 5.96 Å². The van der Waals surface area contributed by atoms with Crippen molar-refractivity contribution in [3.05, 3.63) is 34.3 Å². The van der Waals surface area contributed by atoms with Gasteiger partial charge in [0.1, 0.15) is 0 Å². The second kappa shape index (κ2) is 11.3. The Labute approximate surface area is 172 Å². The first kappa shape index (κ1) is 21.7. The molecule has 1 aliphatic heterocycles. The Morgan fingerprint density at radius 2 is 2.08 bits per heavy atom. The first-order valence-electron chi connectivity index (χ1n) is 8.51. The van der Waals surface area contributed by atoms with Gasteiger partial charge < -0.3 is 15.1 Å². The van der Waals surface area contributed by atoms with E-state index in [0.29, 0.717) is 0 Å². The minimum Gasteiger partial charge on any atom is -0.356 e. The van der Waals surface area contributed by atoms with Gasteiger partial charge in [-0.3, -0.25) is 4.99 Å². The zero-order valence-corrected chi connectivity index (χ0v) is 18.9. The highest BCUT2D eigenvalue weighted by atomic mass is 127. The molecule has 0 aliphatic carbocycles. The molecule has 1 heterocycles. The van der Waals surface area contributed by atoms with Gasteiger partial charge in [0.05, 0.1) is 0 Å². The summed E-state index contributed by atoms with van der Waals surface area (Å²) in [5.74, 6) is 1.71. The molecule has 1 atom stereocenters. The van der Waals surface area contributed by atoms with Crippen LogP contribution in [0.2, 0.25) is 0 Å². The lowest BCUT2D eigenvalue weighted by Crippen LogP contribution is -2.41. The van der Waals surface area contributed by atoms with Crippen molar-refractivity contribution in [3.63, 3.8) is 0 Å². The van der Waals surface area contributed by atoms with Crippen molar-refractivity contribution in [1.82, 2.24) is 15.1 Å². The molecule has 4 nitrogen and oxygen atoms in total. The normalized spacial score (nSPS) is 18.3. The van der Waals surface area contributed by atoms with Gasteiger partial charge in [-0.25, -0.2) is 0 Å². The fourth-order valence-corrected chi connectivity index (χ4v) is 3.42. The molecule has 1 aliphatic rings. The van der Waals surface area contributed by atoms with Crippen molar-refractivity contribution in [2.24, 2.45) is 10.9 Å². The molecule has 6 heteroatoms. The van der Waals surface area contributed by atoms with Gasteiger partial charge in [-0.15, -0.1) is 24.0 Å². The molecule has 1 unspecified atom stereocenters. The van der Waals surface area contributed by atoms with Crippen LogP contribution in [0.15, 0.2) is 33.7 Å². The van der Waals surface area contributed by atoms with Crippen molar-refractivity contribution >= 4 is 45.9 Å². The number of guanidine groups is 1. The maximum Gasteiger partial charge on any atom is 0.193 e. The van der Waals surface area contributed by atoms with E-state index in [1.165, 1.54) is 38.0 Å². The number of hydrogen-bond donors (Lipinski definition) is 1. The summed E-state index contributed by atoms with van der Waals surface area (Å²) in [7, 11) is 3.95. The van der Waals surface area contributed by atoms with E-state index in [4.69, 9.17) is 0 Å². The molecule has 0 amide bonds. The maximum absolute atomic E-state index is 4.43. The summed E-state index contributed by atoms with van der Waals surface area (Å²) in [5.41, 5.74) is 1.29. The zero-order chi connectivity index (χ0) is 16.7. The van der Waals surface area contributed by atoms with Crippen LogP contribution in [-0.2, 0) is 6.54 Å². The van der Waals surface area contributed by atoms with Crippen molar-refractivity contribution in [1.29, 1.82) is 0 Å². The molecule has 1 aromatic rings. The van der Waals surface area contributed by atoms with Crippen molar-refractivity contribution in [2.75, 3.05) is 40.3 Å². The van der Waals surface area contributed by atoms with Crippen LogP contribution in [-0.4, -0.2) is 56.0 Å². The minimum atomic E-state index is 0. The van der Waals surface area contributed by atoms with E-state index in [0.717, 1.165) is 29.4 Å². The molecular formula is C18H30BrIN4. The molecule has 1 aromatic carbocycles. The van der Waals surface area contributed by atoms with Gasteiger partial charge in [0, 0.05) is 38.2 Å². The van der Waals surface area contributed by atoms with Gasteiger partial charge >= 0.3 is 0 Å².